The van der Waals surface area contributed by atoms with Crippen molar-refractivity contribution in [3.8, 4) is 22.4 Å². The third-order valence-corrected chi connectivity index (χ3v) is 4.91. The zero-order valence-corrected chi connectivity index (χ0v) is 14.3. The summed E-state index contributed by atoms with van der Waals surface area (Å²) in [5, 5.41) is 5.12. The molecular formula is C25H17N. The molecule has 0 amide bonds. The predicted molar refractivity (Wildman–Crippen MR) is 110 cm³/mol. The first-order valence-electron chi connectivity index (χ1n) is 8.82. The number of fused-ring (bicyclic) bond motifs is 2. The van der Waals surface area contributed by atoms with Gasteiger partial charge < -0.3 is 0 Å². The van der Waals surface area contributed by atoms with Gasteiger partial charge in [0.1, 0.15) is 0 Å². The van der Waals surface area contributed by atoms with Gasteiger partial charge in [0.2, 0.25) is 0 Å². The molecule has 0 aliphatic heterocycles. The molecule has 0 N–H and O–H groups in total. The summed E-state index contributed by atoms with van der Waals surface area (Å²) in [4.78, 5) is 4.45. The van der Waals surface area contributed by atoms with Crippen LogP contribution in [0.25, 0.3) is 43.9 Å². The summed E-state index contributed by atoms with van der Waals surface area (Å²) in [7, 11) is 0. The SMILES string of the molecule is c1ccc(-c2ccc(-c3c4ccccc4cc4ccccc34)cc2)nc1. The molecule has 0 spiro atoms. The third-order valence-electron chi connectivity index (χ3n) is 4.91. The molecule has 1 aromatic heterocycles. The van der Waals surface area contributed by atoms with Crippen molar-refractivity contribution >= 4 is 21.5 Å². The minimum absolute atomic E-state index is 1.00. The van der Waals surface area contributed by atoms with Gasteiger partial charge in [0.25, 0.3) is 0 Å². The predicted octanol–water partition coefficient (Wildman–Crippen LogP) is 6.72. The van der Waals surface area contributed by atoms with Crippen LogP contribution in [0.1, 0.15) is 0 Å². The average Bonchev–Trinajstić information content (AvgIpc) is 2.73. The lowest BCUT2D eigenvalue weighted by atomic mass is 9.91. The summed E-state index contributed by atoms with van der Waals surface area (Å²) in [6.07, 6.45) is 1.83. The lowest BCUT2D eigenvalue weighted by Gasteiger charge is -2.12. The molecule has 26 heavy (non-hydrogen) atoms. The monoisotopic (exact) mass is 331 g/mol. The minimum Gasteiger partial charge on any atom is -0.256 e. The van der Waals surface area contributed by atoms with E-state index in [-0.39, 0.29) is 0 Å². The average molecular weight is 331 g/mol. The van der Waals surface area contributed by atoms with E-state index in [1.807, 2.05) is 24.4 Å². The highest BCUT2D eigenvalue weighted by atomic mass is 14.7. The Bertz CT molecular complexity index is 1150. The van der Waals surface area contributed by atoms with Crippen LogP contribution in [0.3, 0.4) is 0 Å². The van der Waals surface area contributed by atoms with E-state index in [4.69, 9.17) is 0 Å². The van der Waals surface area contributed by atoms with E-state index in [0.717, 1.165) is 11.3 Å². The fraction of sp³-hybridized carbons (Fsp3) is 0. The van der Waals surface area contributed by atoms with Crippen molar-refractivity contribution in [3.05, 3.63) is 103 Å². The first kappa shape index (κ1) is 14.9. The van der Waals surface area contributed by atoms with Gasteiger partial charge in [0.05, 0.1) is 5.69 Å². The topological polar surface area (TPSA) is 12.9 Å². The zero-order chi connectivity index (χ0) is 17.3. The van der Waals surface area contributed by atoms with Gasteiger partial charge in [-0.1, -0.05) is 78.9 Å². The van der Waals surface area contributed by atoms with Crippen LogP contribution in [0.4, 0.5) is 0 Å². The van der Waals surface area contributed by atoms with E-state index in [1.165, 1.54) is 32.7 Å². The highest BCUT2D eigenvalue weighted by Crippen LogP contribution is 2.36. The molecule has 1 nitrogen and oxygen atoms in total. The molecule has 5 aromatic rings. The first-order valence-corrected chi connectivity index (χ1v) is 8.82. The summed E-state index contributed by atoms with van der Waals surface area (Å²) in [6.45, 7) is 0. The van der Waals surface area contributed by atoms with E-state index in [2.05, 4.69) is 83.8 Å². The van der Waals surface area contributed by atoms with Crippen molar-refractivity contribution in [3.63, 3.8) is 0 Å². The van der Waals surface area contributed by atoms with Crippen LogP contribution < -0.4 is 0 Å². The fourth-order valence-corrected chi connectivity index (χ4v) is 3.67. The third kappa shape index (κ3) is 2.46. The molecule has 0 atom stereocenters. The molecule has 0 aliphatic carbocycles. The van der Waals surface area contributed by atoms with E-state index < -0.39 is 0 Å². The Hall–Kier alpha value is -3.45. The molecule has 0 unspecified atom stereocenters. The smallest absolute Gasteiger partial charge is 0.0701 e. The molecule has 4 aromatic carbocycles. The number of pyridine rings is 1. The number of hydrogen-bond acceptors (Lipinski definition) is 1. The molecule has 5 rings (SSSR count). The number of aromatic nitrogens is 1. The van der Waals surface area contributed by atoms with Crippen molar-refractivity contribution in [1.82, 2.24) is 4.98 Å². The molecule has 1 heterocycles. The second-order valence-electron chi connectivity index (χ2n) is 6.49. The van der Waals surface area contributed by atoms with Crippen LogP contribution in [0.5, 0.6) is 0 Å². The van der Waals surface area contributed by atoms with E-state index in [1.54, 1.807) is 0 Å². The molecule has 0 fully saturated rings. The molecule has 0 saturated carbocycles. The van der Waals surface area contributed by atoms with Gasteiger partial charge in [0, 0.05) is 11.8 Å². The van der Waals surface area contributed by atoms with Gasteiger partial charge in [0.15, 0.2) is 0 Å². The largest absolute Gasteiger partial charge is 0.256 e. The second-order valence-corrected chi connectivity index (χ2v) is 6.49. The van der Waals surface area contributed by atoms with Gasteiger partial charge in [-0.2, -0.15) is 0 Å². The highest BCUT2D eigenvalue weighted by molar-refractivity contribution is 6.12. The zero-order valence-electron chi connectivity index (χ0n) is 14.3. The Labute approximate surface area is 152 Å². The van der Waals surface area contributed by atoms with Crippen molar-refractivity contribution in [2.75, 3.05) is 0 Å². The highest BCUT2D eigenvalue weighted by Gasteiger charge is 2.10. The Balaban J connectivity index is 1.75. The maximum absolute atomic E-state index is 4.45. The van der Waals surface area contributed by atoms with Crippen LogP contribution in [0.2, 0.25) is 0 Å². The van der Waals surface area contributed by atoms with Gasteiger partial charge in [-0.05, 0) is 50.9 Å². The van der Waals surface area contributed by atoms with Crippen molar-refractivity contribution in [2.45, 2.75) is 0 Å². The van der Waals surface area contributed by atoms with Crippen LogP contribution in [0.15, 0.2) is 103 Å². The standard InChI is InChI=1S/C25H17N/c1-3-9-22-20(7-1)17-21-8-2-4-10-23(21)25(22)19-14-12-18(13-15-19)24-11-5-6-16-26-24/h1-17H. The van der Waals surface area contributed by atoms with Crippen LogP contribution >= 0.6 is 0 Å². The molecule has 0 saturated heterocycles. The number of benzene rings is 4. The van der Waals surface area contributed by atoms with E-state index >= 15 is 0 Å². The van der Waals surface area contributed by atoms with Crippen molar-refractivity contribution in [1.29, 1.82) is 0 Å². The van der Waals surface area contributed by atoms with Crippen LogP contribution in [-0.2, 0) is 0 Å². The summed E-state index contributed by atoms with van der Waals surface area (Å²) in [6, 6.07) is 34.3. The molecule has 1 heteroatoms. The van der Waals surface area contributed by atoms with Gasteiger partial charge in [-0.15, -0.1) is 0 Å². The Morgan fingerprint density at radius 2 is 1.08 bits per heavy atom. The maximum atomic E-state index is 4.45. The fourth-order valence-electron chi connectivity index (χ4n) is 3.67. The van der Waals surface area contributed by atoms with Crippen molar-refractivity contribution in [2.24, 2.45) is 0 Å². The van der Waals surface area contributed by atoms with Crippen LogP contribution in [-0.4, -0.2) is 4.98 Å². The Morgan fingerprint density at radius 1 is 0.500 bits per heavy atom. The quantitative estimate of drug-likeness (QED) is 0.327. The van der Waals surface area contributed by atoms with Gasteiger partial charge in [-0.25, -0.2) is 0 Å². The normalized spacial score (nSPS) is 11.1. The summed E-state index contributed by atoms with van der Waals surface area (Å²) in [5.41, 5.74) is 4.67. The Morgan fingerprint density at radius 3 is 1.69 bits per heavy atom. The molecule has 0 aliphatic rings. The van der Waals surface area contributed by atoms with Crippen LogP contribution in [0, 0.1) is 0 Å². The summed E-state index contributed by atoms with van der Waals surface area (Å²) >= 11 is 0. The first-order chi connectivity index (χ1) is 12.9. The minimum atomic E-state index is 1.00. The summed E-state index contributed by atoms with van der Waals surface area (Å²) < 4.78 is 0. The van der Waals surface area contributed by atoms with Crippen molar-refractivity contribution < 1.29 is 0 Å². The molecule has 122 valence electrons. The second kappa shape index (κ2) is 6.12. The van der Waals surface area contributed by atoms with Gasteiger partial charge in [-0.3, -0.25) is 4.98 Å². The lowest BCUT2D eigenvalue weighted by Crippen LogP contribution is -1.86. The number of nitrogens with zero attached hydrogens (tertiary/aromatic N) is 1. The lowest BCUT2D eigenvalue weighted by molar-refractivity contribution is 1.33. The molecule has 0 bridgehead atoms. The Kier molecular flexibility index (Phi) is 3.50. The van der Waals surface area contributed by atoms with E-state index in [0.29, 0.717) is 0 Å². The molecular weight excluding hydrogens is 314 g/mol. The number of rotatable bonds is 2. The maximum Gasteiger partial charge on any atom is 0.0701 e. The number of hydrogen-bond donors (Lipinski definition) is 0. The molecule has 0 radical (unpaired) electrons. The van der Waals surface area contributed by atoms with Gasteiger partial charge >= 0.3 is 0 Å². The summed E-state index contributed by atoms with van der Waals surface area (Å²) in [5.74, 6) is 0. The van der Waals surface area contributed by atoms with E-state index in [9.17, 15) is 0 Å².